The maximum atomic E-state index is 12.5. The highest BCUT2D eigenvalue weighted by Gasteiger charge is 2.24. The molecule has 0 saturated heterocycles. The second kappa shape index (κ2) is 11.1. The zero-order chi connectivity index (χ0) is 27.3. The van der Waals surface area contributed by atoms with Gasteiger partial charge in [-0.15, -0.1) is 0 Å². The molecule has 0 bridgehead atoms. The van der Waals surface area contributed by atoms with Crippen LogP contribution in [0.2, 0.25) is 0 Å². The molecule has 3 rings (SSSR count). The van der Waals surface area contributed by atoms with E-state index in [4.69, 9.17) is 14.2 Å². The molecule has 0 spiro atoms. The fourth-order valence-electron chi connectivity index (χ4n) is 3.60. The zero-order valence-electron chi connectivity index (χ0n) is 21.7. The molecular formula is C31H30O6. The Hall–Kier alpha value is -4.45. The molecule has 0 unspecified atom stereocenters. The molecule has 190 valence electrons. The third kappa shape index (κ3) is 6.61. The first-order chi connectivity index (χ1) is 17.4. The van der Waals surface area contributed by atoms with E-state index in [1.54, 1.807) is 50.2 Å². The Kier molecular flexibility index (Phi) is 8.13. The molecule has 6 heteroatoms. The predicted octanol–water partition coefficient (Wildman–Crippen LogP) is 6.82. The van der Waals surface area contributed by atoms with Crippen LogP contribution in [0.3, 0.4) is 0 Å². The molecule has 0 aliphatic carbocycles. The number of esters is 2. The van der Waals surface area contributed by atoms with E-state index in [9.17, 15) is 14.4 Å². The summed E-state index contributed by atoms with van der Waals surface area (Å²) in [5, 5.41) is 0. The van der Waals surface area contributed by atoms with Crippen LogP contribution in [0.4, 0.5) is 0 Å². The van der Waals surface area contributed by atoms with Crippen LogP contribution in [0.15, 0.2) is 85.0 Å². The van der Waals surface area contributed by atoms with Crippen molar-refractivity contribution in [3.8, 4) is 39.5 Å². The topological polar surface area (TPSA) is 78.9 Å². The van der Waals surface area contributed by atoms with Crippen molar-refractivity contribution in [3.63, 3.8) is 0 Å². The molecule has 3 aromatic carbocycles. The average molecular weight is 499 g/mol. The van der Waals surface area contributed by atoms with Gasteiger partial charge < -0.3 is 14.2 Å². The fraction of sp³-hybridized carbons (Fsp3) is 0.194. The summed E-state index contributed by atoms with van der Waals surface area (Å²) in [6.07, 6.45) is 0. The first kappa shape index (κ1) is 27.1. The summed E-state index contributed by atoms with van der Waals surface area (Å²) < 4.78 is 16.0. The summed E-state index contributed by atoms with van der Waals surface area (Å²) in [5.41, 5.74) is 4.51. The molecule has 6 nitrogen and oxygen atoms in total. The summed E-state index contributed by atoms with van der Waals surface area (Å²) >= 11 is 0. The van der Waals surface area contributed by atoms with E-state index in [0.29, 0.717) is 34.9 Å². The second-order valence-corrected chi connectivity index (χ2v) is 9.75. The monoisotopic (exact) mass is 498 g/mol. The van der Waals surface area contributed by atoms with Crippen LogP contribution in [0.25, 0.3) is 22.3 Å². The molecule has 0 N–H and O–H groups in total. The van der Waals surface area contributed by atoms with Gasteiger partial charge in [0.1, 0.15) is 17.2 Å². The minimum absolute atomic E-state index is 0.268. The van der Waals surface area contributed by atoms with E-state index in [2.05, 4.69) is 33.9 Å². The molecule has 0 heterocycles. The van der Waals surface area contributed by atoms with Crippen LogP contribution in [0.1, 0.15) is 40.2 Å². The van der Waals surface area contributed by atoms with Crippen molar-refractivity contribution >= 4 is 18.4 Å². The Morgan fingerprint density at radius 2 is 1.22 bits per heavy atom. The molecule has 0 radical (unpaired) electrons. The van der Waals surface area contributed by atoms with Crippen molar-refractivity contribution in [2.45, 2.75) is 40.0 Å². The van der Waals surface area contributed by atoms with Gasteiger partial charge in [-0.3, -0.25) is 4.79 Å². The van der Waals surface area contributed by atoms with Crippen LogP contribution in [-0.4, -0.2) is 18.4 Å². The highest BCUT2D eigenvalue weighted by molar-refractivity contribution is 5.91. The third-order valence-electron chi connectivity index (χ3n) is 5.55. The molecule has 0 aromatic heterocycles. The van der Waals surface area contributed by atoms with Crippen LogP contribution >= 0.6 is 0 Å². The second-order valence-electron chi connectivity index (χ2n) is 9.75. The van der Waals surface area contributed by atoms with Crippen LogP contribution < -0.4 is 14.2 Å². The quantitative estimate of drug-likeness (QED) is 0.147. The fourth-order valence-corrected chi connectivity index (χ4v) is 3.60. The lowest BCUT2D eigenvalue weighted by Crippen LogP contribution is -2.15. The average Bonchev–Trinajstić information content (AvgIpc) is 2.84. The number of benzene rings is 3. The molecule has 0 fully saturated rings. The normalized spacial score (nSPS) is 10.8. The summed E-state index contributed by atoms with van der Waals surface area (Å²) in [6.45, 7) is 17.1. The Morgan fingerprint density at radius 3 is 1.70 bits per heavy atom. The molecule has 0 atom stereocenters. The van der Waals surface area contributed by atoms with Gasteiger partial charge in [0.15, 0.2) is 0 Å². The van der Waals surface area contributed by atoms with E-state index >= 15 is 0 Å². The van der Waals surface area contributed by atoms with Gasteiger partial charge in [0.05, 0.1) is 0 Å². The summed E-state index contributed by atoms with van der Waals surface area (Å²) in [4.78, 5) is 35.1. The smallest absolute Gasteiger partial charge is 0.338 e. The van der Waals surface area contributed by atoms with Crippen molar-refractivity contribution in [1.82, 2.24) is 0 Å². The van der Waals surface area contributed by atoms with E-state index in [-0.39, 0.29) is 11.0 Å². The first-order valence-corrected chi connectivity index (χ1v) is 11.7. The van der Waals surface area contributed by atoms with E-state index in [1.165, 1.54) is 0 Å². The van der Waals surface area contributed by atoms with Gasteiger partial charge in [0.25, 0.3) is 6.47 Å². The predicted molar refractivity (Wildman–Crippen MR) is 144 cm³/mol. The van der Waals surface area contributed by atoms with Crippen LogP contribution in [0, 0.1) is 0 Å². The number of hydrogen-bond donors (Lipinski definition) is 0. The number of ether oxygens (including phenoxy) is 3. The summed E-state index contributed by atoms with van der Waals surface area (Å²) in [7, 11) is 0. The number of carbonyl (C=O) groups is 3. The standard InChI is InChI=1S/C31H30O6/c1-19(2)29(33)36-24-14-10-22(11-15-24)26-16-27(31(5,6)7)25(17-28(26)37-30(34)20(3)4)21-8-12-23(13-9-21)35-18-32/h8-18H,1,3H2,2,4-7H3. The summed E-state index contributed by atoms with van der Waals surface area (Å²) in [5.74, 6) is 0.109. The van der Waals surface area contributed by atoms with Crippen molar-refractivity contribution in [2.24, 2.45) is 0 Å². The van der Waals surface area contributed by atoms with Gasteiger partial charge in [-0.1, -0.05) is 58.2 Å². The molecule has 0 aliphatic rings. The first-order valence-electron chi connectivity index (χ1n) is 11.7. The van der Waals surface area contributed by atoms with E-state index in [1.807, 2.05) is 24.3 Å². The van der Waals surface area contributed by atoms with Crippen LogP contribution in [-0.2, 0) is 19.8 Å². The van der Waals surface area contributed by atoms with Gasteiger partial charge in [0.2, 0.25) is 0 Å². The van der Waals surface area contributed by atoms with Crippen molar-refractivity contribution in [2.75, 3.05) is 0 Å². The Morgan fingerprint density at radius 1 is 0.730 bits per heavy atom. The molecule has 37 heavy (non-hydrogen) atoms. The third-order valence-corrected chi connectivity index (χ3v) is 5.55. The van der Waals surface area contributed by atoms with Gasteiger partial charge >= 0.3 is 11.9 Å². The SMILES string of the molecule is C=C(C)C(=O)Oc1ccc(-c2cc(C(C)(C)C)c(-c3ccc(OC=O)cc3)cc2OC(=O)C(=C)C)cc1. The van der Waals surface area contributed by atoms with Gasteiger partial charge in [-0.2, -0.15) is 0 Å². The molecular weight excluding hydrogens is 468 g/mol. The molecule has 0 saturated carbocycles. The van der Waals surface area contributed by atoms with Crippen molar-refractivity contribution < 1.29 is 28.6 Å². The molecule has 0 amide bonds. The van der Waals surface area contributed by atoms with E-state index < -0.39 is 11.9 Å². The number of carbonyl (C=O) groups excluding carboxylic acids is 3. The largest absolute Gasteiger partial charge is 0.429 e. The minimum Gasteiger partial charge on any atom is -0.429 e. The maximum Gasteiger partial charge on any atom is 0.338 e. The van der Waals surface area contributed by atoms with Gasteiger partial charge in [-0.25, -0.2) is 9.59 Å². The highest BCUT2D eigenvalue weighted by Crippen LogP contribution is 2.42. The number of hydrogen-bond acceptors (Lipinski definition) is 6. The zero-order valence-corrected chi connectivity index (χ0v) is 21.7. The number of rotatable bonds is 8. The molecule has 3 aromatic rings. The van der Waals surface area contributed by atoms with Crippen molar-refractivity contribution in [1.29, 1.82) is 0 Å². The lowest BCUT2D eigenvalue weighted by atomic mass is 9.80. The van der Waals surface area contributed by atoms with Crippen molar-refractivity contribution in [3.05, 3.63) is 90.5 Å². The van der Waals surface area contributed by atoms with E-state index in [0.717, 1.165) is 22.3 Å². The molecule has 0 aliphatic heterocycles. The Labute approximate surface area is 217 Å². The highest BCUT2D eigenvalue weighted by atomic mass is 16.5. The lowest BCUT2D eigenvalue weighted by Gasteiger charge is -2.26. The van der Waals surface area contributed by atoms with Gasteiger partial charge in [0, 0.05) is 16.7 Å². The van der Waals surface area contributed by atoms with Crippen LogP contribution in [0.5, 0.6) is 17.2 Å². The summed E-state index contributed by atoms with van der Waals surface area (Å²) in [6, 6.07) is 17.9. The Balaban J connectivity index is 2.18. The maximum absolute atomic E-state index is 12.5. The Bertz CT molecular complexity index is 1360. The minimum atomic E-state index is -0.544. The van der Waals surface area contributed by atoms with Gasteiger partial charge in [-0.05, 0) is 77.9 Å². The lowest BCUT2D eigenvalue weighted by molar-refractivity contribution is -0.130.